The first kappa shape index (κ1) is 36.5. The van der Waals surface area contributed by atoms with Crippen LogP contribution in [-0.2, 0) is 19.7 Å². The molecular weight excluding hydrogens is 581 g/mol. The highest BCUT2D eigenvalue weighted by Gasteiger charge is 2.48. The Kier molecular flexibility index (Phi) is 14.8. The molecule has 0 radical (unpaired) electrons. The fourth-order valence-corrected chi connectivity index (χ4v) is 6.58. The van der Waals surface area contributed by atoms with Crippen LogP contribution in [0.15, 0.2) is 126 Å². The molecule has 0 amide bonds. The largest absolute Gasteiger partial charge is 0.510 e. The van der Waals surface area contributed by atoms with Crippen LogP contribution < -0.4 is 5.53 Å². The molecule has 8 nitrogen and oxygen atoms in total. The number of hydrogen-bond donors (Lipinski definition) is 1. The molecule has 2 atom stereocenters. The molecule has 0 bridgehead atoms. The number of aryl methyl sites for hydroxylation is 2. The molecule has 2 N–H and O–H groups in total. The van der Waals surface area contributed by atoms with Gasteiger partial charge in [0.05, 0.1) is 15.0 Å². The maximum absolute atomic E-state index is 12.5. The fourth-order valence-electron chi connectivity index (χ4n) is 3.91. The monoisotopic (exact) mass is 618 g/mol. The van der Waals surface area contributed by atoms with Crippen LogP contribution in [0.2, 0.25) is 0 Å². The molecule has 4 aromatic rings. The van der Waals surface area contributed by atoms with Crippen molar-refractivity contribution in [2.45, 2.75) is 48.7 Å². The van der Waals surface area contributed by atoms with Gasteiger partial charge in [0.15, 0.2) is 9.84 Å². The summed E-state index contributed by atoms with van der Waals surface area (Å²) in [5.41, 5.74) is 23.0. The Balaban J connectivity index is 0.000000336. The highest BCUT2D eigenvalue weighted by atomic mass is 32.2. The van der Waals surface area contributed by atoms with Crippen LogP contribution in [0.3, 0.4) is 0 Å². The second-order valence-electron chi connectivity index (χ2n) is 9.34. The van der Waals surface area contributed by atoms with E-state index in [0.29, 0.717) is 10.4 Å². The summed E-state index contributed by atoms with van der Waals surface area (Å²) < 4.78 is 47.4. The zero-order chi connectivity index (χ0) is 31.2. The van der Waals surface area contributed by atoms with Crippen LogP contribution in [0, 0.1) is 13.8 Å². The Labute approximate surface area is 255 Å². The molecule has 2 unspecified atom stereocenters. The Morgan fingerprint density at radius 3 is 1.60 bits per heavy atom. The highest BCUT2D eigenvalue weighted by molar-refractivity contribution is 8.04. The van der Waals surface area contributed by atoms with E-state index in [1.807, 2.05) is 92.7 Å². The van der Waals surface area contributed by atoms with E-state index < -0.39 is 19.7 Å². The van der Waals surface area contributed by atoms with Gasteiger partial charge in [-0.2, -0.15) is 4.79 Å². The molecule has 5 rings (SSSR count). The van der Waals surface area contributed by atoms with Crippen LogP contribution >= 0.6 is 0 Å². The van der Waals surface area contributed by atoms with E-state index in [-0.39, 0.29) is 23.5 Å². The van der Waals surface area contributed by atoms with Gasteiger partial charge in [-0.05, 0) is 55.7 Å². The summed E-state index contributed by atoms with van der Waals surface area (Å²) in [6.45, 7) is 7.45. The van der Waals surface area contributed by atoms with Gasteiger partial charge in [0.25, 0.3) is 9.84 Å². The fraction of sp³-hybridized carbons (Fsp3) is 0.182. The number of benzene rings is 4. The van der Waals surface area contributed by atoms with Gasteiger partial charge in [-0.1, -0.05) is 116 Å². The molecule has 0 saturated heterocycles. The van der Waals surface area contributed by atoms with Gasteiger partial charge < -0.3 is 16.6 Å². The first-order valence-electron chi connectivity index (χ1n) is 12.9. The van der Waals surface area contributed by atoms with Gasteiger partial charge in [-0.25, -0.2) is 16.8 Å². The normalized spacial score (nSPS) is 14.7. The van der Waals surface area contributed by atoms with E-state index in [1.54, 1.807) is 24.3 Å². The van der Waals surface area contributed by atoms with Crippen LogP contribution in [-0.4, -0.2) is 32.4 Å². The van der Waals surface area contributed by atoms with Crippen LogP contribution in [0.5, 0.6) is 0 Å². The zero-order valence-electron chi connectivity index (χ0n) is 23.5. The molecule has 0 spiro atoms. The van der Waals surface area contributed by atoms with Crippen molar-refractivity contribution < 1.29 is 27.2 Å². The Hall–Kier alpha value is -4.50. The minimum Gasteiger partial charge on any atom is -0.510 e. The van der Waals surface area contributed by atoms with E-state index >= 15 is 0 Å². The Morgan fingerprint density at radius 1 is 0.744 bits per heavy atom. The van der Waals surface area contributed by atoms with Crippen molar-refractivity contribution in [2.24, 2.45) is 0 Å². The lowest BCUT2D eigenvalue weighted by atomic mass is 10.1. The number of hydrogen-bond acceptors (Lipinski definition) is 4. The third-order valence-corrected chi connectivity index (χ3v) is 9.83. The van der Waals surface area contributed by atoms with Crippen molar-refractivity contribution in [1.82, 2.24) is 0 Å². The summed E-state index contributed by atoms with van der Waals surface area (Å²) in [6, 6.07) is 33.3. The minimum absolute atomic E-state index is 0. The summed E-state index contributed by atoms with van der Waals surface area (Å²) >= 11 is 0. The molecular formula is C33H38N4O4S2. The molecule has 1 fully saturated rings. The van der Waals surface area contributed by atoms with Gasteiger partial charge in [0, 0.05) is 5.92 Å². The van der Waals surface area contributed by atoms with E-state index in [0.717, 1.165) is 23.1 Å². The molecule has 0 aromatic heterocycles. The average molecular weight is 619 g/mol. The zero-order valence-corrected chi connectivity index (χ0v) is 25.1. The molecule has 4 aromatic carbocycles. The maximum Gasteiger partial charge on any atom is 0.374 e. The van der Waals surface area contributed by atoms with Crippen molar-refractivity contribution in [1.29, 1.82) is 0 Å². The van der Waals surface area contributed by atoms with Gasteiger partial charge in [-0.15, -0.1) is 0 Å². The Morgan fingerprint density at radius 2 is 1.19 bits per heavy atom. The van der Waals surface area contributed by atoms with Gasteiger partial charge in [0.1, 0.15) is 0 Å². The highest BCUT2D eigenvalue weighted by Crippen LogP contribution is 2.47. The number of nitrogens with zero attached hydrogens (tertiary/aromatic N) is 3. The first-order chi connectivity index (χ1) is 20.1. The molecule has 1 aliphatic rings. The average Bonchev–Trinajstić information content (AvgIpc) is 3.83. The molecule has 1 saturated carbocycles. The topological polar surface area (TPSA) is 153 Å². The lowest BCUT2D eigenvalue weighted by Gasteiger charge is -2.04. The second-order valence-corrected chi connectivity index (χ2v) is 13.3. The molecule has 0 aliphatic heterocycles. The van der Waals surface area contributed by atoms with Gasteiger partial charge in [-0.3, -0.25) is 0 Å². The molecule has 226 valence electrons. The first-order valence-corrected chi connectivity index (χ1v) is 16.0. The number of sulfone groups is 2. The summed E-state index contributed by atoms with van der Waals surface area (Å²) in [7, 11) is -6.75. The Bertz CT molecular complexity index is 1690. The van der Waals surface area contributed by atoms with Crippen molar-refractivity contribution in [3.05, 3.63) is 149 Å². The maximum atomic E-state index is 12.5. The van der Waals surface area contributed by atoms with Gasteiger partial charge in [0.2, 0.25) is 0 Å². The van der Waals surface area contributed by atoms with E-state index in [1.165, 1.54) is 17.7 Å². The second kappa shape index (κ2) is 17.5. The molecule has 0 heterocycles. The predicted molar refractivity (Wildman–Crippen MR) is 173 cm³/mol. The smallest absolute Gasteiger partial charge is 0.374 e. The van der Waals surface area contributed by atoms with Crippen LogP contribution in [0.1, 0.15) is 42.0 Å². The predicted octanol–water partition coefficient (Wildman–Crippen LogP) is 6.08. The van der Waals surface area contributed by atoms with E-state index in [4.69, 9.17) is 11.1 Å². The van der Waals surface area contributed by atoms with Crippen molar-refractivity contribution >= 4 is 31.3 Å². The quantitative estimate of drug-likeness (QED) is 0.120. The number of nitrogens with two attached hydrogens (primary N) is 1. The van der Waals surface area contributed by atoms with Crippen LogP contribution in [0.25, 0.3) is 17.1 Å². The van der Waals surface area contributed by atoms with E-state index in [9.17, 15) is 16.8 Å². The molecule has 1 aliphatic carbocycles. The van der Waals surface area contributed by atoms with Crippen LogP contribution in [0.4, 0.5) is 0 Å². The van der Waals surface area contributed by atoms with Crippen molar-refractivity contribution in [2.75, 3.05) is 0 Å². The third kappa shape index (κ3) is 11.0. The van der Waals surface area contributed by atoms with Gasteiger partial charge >= 0.3 is 5.55 Å². The summed E-state index contributed by atoms with van der Waals surface area (Å²) in [5, 5.41) is -0.252. The lowest BCUT2D eigenvalue weighted by Crippen LogP contribution is -2.15. The third-order valence-electron chi connectivity index (χ3n) is 6.28. The summed E-state index contributed by atoms with van der Waals surface area (Å²) in [6.07, 6.45) is 2.57. The standard InChI is InChI=1S/C16H16O2S.C8H8N2O2S.C8H8.CH4.H2N2/c1-12-7-9-14(10-8-12)19(17,18)16-11-15(16)13-5-3-2-4-6-13;1-7-2-4-8(5-3-7)13(11,12)6-10-9;1-2-8-6-4-3-5-7-8;;1-2/h2-10,15-16H,11H2,1H3;2-6H,1H3;2-7H,1H2;1H4;1H2. The summed E-state index contributed by atoms with van der Waals surface area (Å²) in [4.78, 5) is 3.06. The molecule has 43 heavy (non-hydrogen) atoms. The lowest BCUT2D eigenvalue weighted by molar-refractivity contribution is -0.143. The number of rotatable bonds is 6. The van der Waals surface area contributed by atoms with Crippen molar-refractivity contribution in [3.8, 4) is 0 Å². The van der Waals surface area contributed by atoms with Crippen molar-refractivity contribution in [3.63, 3.8) is 0 Å². The minimum atomic E-state index is -3.57. The SMILES string of the molecule is C.C=Cc1ccccc1.Cc1ccc(S(=O)(=O)C2CC2c2ccccc2)cc1.Cc1ccc(S(=O)(=O)C=[N+]=[N-])cc1.[N-]=[NH2+]. The molecule has 10 heteroatoms. The van der Waals surface area contributed by atoms with E-state index in [2.05, 4.69) is 16.9 Å². The summed E-state index contributed by atoms with van der Waals surface area (Å²) in [5.74, 6) is 0.160.